The van der Waals surface area contributed by atoms with Crippen molar-refractivity contribution in [1.82, 2.24) is 0 Å². The predicted octanol–water partition coefficient (Wildman–Crippen LogP) is 3.22. The summed E-state index contributed by atoms with van der Waals surface area (Å²) in [4.78, 5) is 5.03. The van der Waals surface area contributed by atoms with E-state index in [1.165, 1.54) is 0 Å². The summed E-state index contributed by atoms with van der Waals surface area (Å²) >= 11 is 0. The number of nitrogens with zero attached hydrogens (tertiary/aromatic N) is 1. The molecule has 0 saturated carbocycles. The third-order valence-corrected chi connectivity index (χ3v) is 10.1. The van der Waals surface area contributed by atoms with Crippen LogP contribution in [0.3, 0.4) is 0 Å². The molecule has 7 N–H and O–H groups in total. The maximum absolute atomic E-state index is 11.6. The molecule has 2 heterocycles. The SMILES string of the molecule is CCC1(CC)N=c2cc/c(=C3\C(O)=C(c4ccc5c6c(cccc46)NC(COS(=O)(=O)O)(COS(=O)(=O)O)N5)C3O)c3cccc(c23)N1. The number of hydrogen-bond acceptors (Lipinski definition) is 12. The normalized spacial score (nSPS) is 20.4. The molecule has 0 saturated heterocycles. The Morgan fingerprint density at radius 2 is 1.33 bits per heavy atom. The molecule has 0 fully saturated rings. The molecule has 1 atom stereocenters. The Hall–Kier alpha value is -4.29. The summed E-state index contributed by atoms with van der Waals surface area (Å²) in [6.07, 6.45) is 0.468. The zero-order chi connectivity index (χ0) is 34.2. The molecule has 0 spiro atoms. The predicted molar refractivity (Wildman–Crippen MR) is 180 cm³/mol. The average Bonchev–Trinajstić information content (AvgIpc) is 3.04. The van der Waals surface area contributed by atoms with Gasteiger partial charge in [0.15, 0.2) is 5.66 Å². The molecule has 0 radical (unpaired) electrons. The molecule has 16 heteroatoms. The van der Waals surface area contributed by atoms with Crippen LogP contribution in [0.5, 0.6) is 0 Å². The summed E-state index contributed by atoms with van der Waals surface area (Å²) in [5, 5.41) is 37.1. The van der Waals surface area contributed by atoms with Gasteiger partial charge in [-0.15, -0.1) is 0 Å². The van der Waals surface area contributed by atoms with Crippen LogP contribution in [-0.2, 0) is 29.2 Å². The van der Waals surface area contributed by atoms with Gasteiger partial charge in [-0.3, -0.25) is 14.1 Å². The van der Waals surface area contributed by atoms with E-state index in [2.05, 4.69) is 38.2 Å². The second-order valence-electron chi connectivity index (χ2n) is 12.0. The van der Waals surface area contributed by atoms with Crippen molar-refractivity contribution in [3.8, 4) is 0 Å². The van der Waals surface area contributed by atoms with Gasteiger partial charge in [0.1, 0.15) is 30.7 Å². The zero-order valence-corrected chi connectivity index (χ0v) is 27.3. The summed E-state index contributed by atoms with van der Waals surface area (Å²) in [6, 6.07) is 18.0. The number of rotatable bonds is 9. The molecule has 14 nitrogen and oxygen atoms in total. The molecule has 0 aromatic heterocycles. The van der Waals surface area contributed by atoms with Gasteiger partial charge in [0.05, 0.1) is 5.36 Å². The van der Waals surface area contributed by atoms with Crippen molar-refractivity contribution in [2.24, 2.45) is 4.99 Å². The lowest BCUT2D eigenvalue weighted by Gasteiger charge is -2.40. The summed E-state index contributed by atoms with van der Waals surface area (Å²) in [6.45, 7) is 2.51. The topological polar surface area (TPSA) is 216 Å². The molecule has 252 valence electrons. The third kappa shape index (κ3) is 5.35. The van der Waals surface area contributed by atoms with E-state index in [0.29, 0.717) is 44.1 Å². The van der Waals surface area contributed by atoms with Crippen molar-refractivity contribution in [2.75, 3.05) is 29.2 Å². The first kappa shape index (κ1) is 32.3. The zero-order valence-electron chi connectivity index (χ0n) is 25.7. The first-order valence-electron chi connectivity index (χ1n) is 15.1. The van der Waals surface area contributed by atoms with Gasteiger partial charge in [0, 0.05) is 39.0 Å². The van der Waals surface area contributed by atoms with Crippen LogP contribution in [0.15, 0.2) is 71.4 Å². The van der Waals surface area contributed by atoms with E-state index in [1.54, 1.807) is 30.3 Å². The molecule has 1 unspecified atom stereocenters. The Morgan fingerprint density at radius 3 is 1.92 bits per heavy atom. The molecule has 7 rings (SSSR count). The van der Waals surface area contributed by atoms with Crippen molar-refractivity contribution >= 4 is 70.6 Å². The van der Waals surface area contributed by atoms with Crippen LogP contribution in [0.25, 0.3) is 32.7 Å². The fourth-order valence-electron chi connectivity index (χ4n) is 6.87. The van der Waals surface area contributed by atoms with Gasteiger partial charge in [-0.2, -0.15) is 16.8 Å². The van der Waals surface area contributed by atoms with E-state index < -0.39 is 51.4 Å². The highest BCUT2D eigenvalue weighted by Gasteiger charge is 2.41. The quantitative estimate of drug-likeness (QED) is 0.125. The summed E-state index contributed by atoms with van der Waals surface area (Å²) in [5.41, 5.74) is 0.709. The molecule has 0 amide bonds. The van der Waals surface area contributed by atoms with E-state index in [1.807, 2.05) is 30.3 Å². The Bertz CT molecular complexity index is 2360. The average molecular weight is 697 g/mol. The molecule has 48 heavy (non-hydrogen) atoms. The standard InChI is InChI=1S/C32H32N4O10S2/c1-3-31(4-2)33-21-9-5-7-17-19(11-13-23(34-31)25(17)21)27-29(37)28(30(27)38)20-12-14-24-26-18(20)8-6-10-22(26)35-32(36-24,15-45-47(39,40)41)16-46-48(42,43)44/h5-14,29,33,35-38H,3-4,15-16H2,1-2H3,(H,39,40,41)(H,42,43,44)/b27-19+. The highest BCUT2D eigenvalue weighted by atomic mass is 32.3. The van der Waals surface area contributed by atoms with Gasteiger partial charge < -0.3 is 26.2 Å². The van der Waals surface area contributed by atoms with Crippen LogP contribution in [0, 0.1) is 0 Å². The van der Waals surface area contributed by atoms with Crippen LogP contribution in [0.2, 0.25) is 0 Å². The molecule has 3 aliphatic rings. The number of nitrogens with one attached hydrogen (secondary N) is 3. The Labute approximate surface area is 275 Å². The lowest BCUT2D eigenvalue weighted by molar-refractivity contribution is 0.162. The second-order valence-corrected chi connectivity index (χ2v) is 14.2. The van der Waals surface area contributed by atoms with E-state index in [-0.39, 0.29) is 5.76 Å². The van der Waals surface area contributed by atoms with E-state index in [9.17, 15) is 36.2 Å². The number of aliphatic hydroxyl groups excluding tert-OH is 2. The minimum absolute atomic E-state index is 0.0738. The second kappa shape index (κ2) is 11.1. The van der Waals surface area contributed by atoms with Crippen molar-refractivity contribution < 1.29 is 44.5 Å². The molecule has 1 aliphatic carbocycles. The highest BCUT2D eigenvalue weighted by molar-refractivity contribution is 7.81. The number of anilines is 3. The molecule has 4 aromatic rings. The summed E-state index contributed by atoms with van der Waals surface area (Å²) in [7, 11) is -9.89. The Balaban J connectivity index is 1.33. The van der Waals surface area contributed by atoms with Crippen molar-refractivity contribution in [3.63, 3.8) is 0 Å². The molecule has 2 aliphatic heterocycles. The van der Waals surface area contributed by atoms with Crippen LogP contribution < -0.4 is 26.5 Å². The Kier molecular flexibility index (Phi) is 7.48. The first-order chi connectivity index (χ1) is 22.7. The van der Waals surface area contributed by atoms with Crippen molar-refractivity contribution in [1.29, 1.82) is 0 Å². The van der Waals surface area contributed by atoms with E-state index in [4.69, 9.17) is 4.99 Å². The largest absolute Gasteiger partial charge is 0.507 e. The lowest BCUT2D eigenvalue weighted by atomic mass is 9.78. The molecular formula is C32H32N4O10S2. The van der Waals surface area contributed by atoms with Crippen LogP contribution >= 0.6 is 0 Å². The van der Waals surface area contributed by atoms with Gasteiger partial charge in [-0.05, 0) is 58.7 Å². The van der Waals surface area contributed by atoms with Gasteiger partial charge >= 0.3 is 20.8 Å². The van der Waals surface area contributed by atoms with Crippen LogP contribution in [0.1, 0.15) is 32.3 Å². The third-order valence-electron chi connectivity index (χ3n) is 9.22. The van der Waals surface area contributed by atoms with Gasteiger partial charge in [0.2, 0.25) is 0 Å². The molecule has 4 aromatic carbocycles. The smallest absolute Gasteiger partial charge is 0.397 e. The fraction of sp³-hybridized carbons (Fsp3) is 0.281. The van der Waals surface area contributed by atoms with Crippen LogP contribution in [0.4, 0.5) is 17.1 Å². The fourth-order valence-corrected chi connectivity index (χ4v) is 7.57. The summed E-state index contributed by atoms with van der Waals surface area (Å²) < 4.78 is 73.0. The Morgan fingerprint density at radius 1 is 0.750 bits per heavy atom. The number of aliphatic hydroxyl groups is 2. The van der Waals surface area contributed by atoms with Gasteiger partial charge in [-0.1, -0.05) is 50.2 Å². The first-order valence-corrected chi connectivity index (χ1v) is 17.8. The van der Waals surface area contributed by atoms with Crippen molar-refractivity contribution in [2.45, 2.75) is 44.1 Å². The van der Waals surface area contributed by atoms with Gasteiger partial charge in [0.25, 0.3) is 0 Å². The highest BCUT2D eigenvalue weighted by Crippen LogP contribution is 2.47. The lowest BCUT2D eigenvalue weighted by Crippen LogP contribution is -2.56. The molecular weight excluding hydrogens is 665 g/mol. The minimum atomic E-state index is -4.94. The summed E-state index contributed by atoms with van der Waals surface area (Å²) in [5.74, 6) is -0.0738. The van der Waals surface area contributed by atoms with Gasteiger partial charge in [-0.25, -0.2) is 8.37 Å². The van der Waals surface area contributed by atoms with Crippen LogP contribution in [-0.4, -0.2) is 66.8 Å². The van der Waals surface area contributed by atoms with E-state index >= 15 is 0 Å². The minimum Gasteiger partial charge on any atom is -0.507 e. The monoisotopic (exact) mass is 696 g/mol. The number of hydrogen-bond donors (Lipinski definition) is 7. The maximum atomic E-state index is 11.6. The maximum Gasteiger partial charge on any atom is 0.397 e. The number of benzene rings is 4. The molecule has 0 bridgehead atoms. The van der Waals surface area contributed by atoms with E-state index in [0.717, 1.165) is 34.7 Å². The van der Waals surface area contributed by atoms with Crippen molar-refractivity contribution in [3.05, 3.63) is 82.6 Å².